The lowest BCUT2D eigenvalue weighted by molar-refractivity contribution is -0.0855. The van der Waals surface area contributed by atoms with E-state index in [0.29, 0.717) is 35.8 Å². The summed E-state index contributed by atoms with van der Waals surface area (Å²) in [6, 6.07) is 0. The van der Waals surface area contributed by atoms with E-state index in [1.807, 2.05) is 0 Å². The minimum Gasteiger partial charge on any atom is -0.414 e. The molecule has 0 radical (unpaired) electrons. The molecule has 5 heteroatoms. The van der Waals surface area contributed by atoms with E-state index in [0.717, 1.165) is 0 Å². The highest BCUT2D eigenvalue weighted by Gasteiger charge is 2.52. The second-order valence-corrected chi connectivity index (χ2v) is 15.1. The molecule has 0 unspecified atom stereocenters. The van der Waals surface area contributed by atoms with Crippen molar-refractivity contribution in [3.05, 3.63) is 10.4 Å². The summed E-state index contributed by atoms with van der Waals surface area (Å²) in [6.45, 7) is 17.2. The zero-order valence-corrected chi connectivity index (χ0v) is 18.5. The van der Waals surface area contributed by atoms with Crippen molar-refractivity contribution in [2.75, 3.05) is 6.54 Å². The van der Waals surface area contributed by atoms with Crippen LogP contribution in [0.3, 0.4) is 0 Å². The van der Waals surface area contributed by atoms with Crippen LogP contribution in [0, 0.1) is 23.2 Å². The van der Waals surface area contributed by atoms with Crippen molar-refractivity contribution < 1.29 is 4.43 Å². The lowest BCUT2D eigenvalue weighted by atomic mass is 9.52. The van der Waals surface area contributed by atoms with E-state index in [1.54, 1.807) is 0 Å². The first-order valence-electron chi connectivity index (χ1n) is 10.2. The minimum atomic E-state index is -1.74. The van der Waals surface area contributed by atoms with Gasteiger partial charge in [-0.25, -0.2) is 0 Å². The minimum absolute atomic E-state index is 0.268. The Bertz CT molecular complexity index is 510. The average Bonchev–Trinajstić information content (AvgIpc) is 2.50. The average molecular weight is 366 g/mol. The van der Waals surface area contributed by atoms with Gasteiger partial charge in [-0.1, -0.05) is 52.6 Å². The monoisotopic (exact) mass is 365 g/mol. The standard InChI is InChI=1S/C20H39N3OSi/c1-15(14-22-23-21)16-10-8-11-17-18(12-9-13-20(16,17)5)24-25(6,7)19(2,3)4/h15-18H,8-14H2,1-7H3/t15-,16-,17+,18+,20-/m1/s1. The van der Waals surface area contributed by atoms with Gasteiger partial charge in [0.2, 0.25) is 0 Å². The largest absolute Gasteiger partial charge is 0.414 e. The lowest BCUT2D eigenvalue weighted by Crippen LogP contribution is -2.54. The molecule has 25 heavy (non-hydrogen) atoms. The molecule has 4 nitrogen and oxygen atoms in total. The van der Waals surface area contributed by atoms with Gasteiger partial charge in [-0.15, -0.1) is 0 Å². The van der Waals surface area contributed by atoms with Crippen molar-refractivity contribution >= 4 is 8.32 Å². The highest BCUT2D eigenvalue weighted by molar-refractivity contribution is 6.74. The Morgan fingerprint density at radius 2 is 1.92 bits per heavy atom. The van der Waals surface area contributed by atoms with Crippen molar-refractivity contribution in [1.29, 1.82) is 0 Å². The van der Waals surface area contributed by atoms with Crippen molar-refractivity contribution in [1.82, 2.24) is 0 Å². The van der Waals surface area contributed by atoms with Gasteiger partial charge in [-0.2, -0.15) is 0 Å². The molecule has 0 aromatic heterocycles. The van der Waals surface area contributed by atoms with Crippen LogP contribution in [0.2, 0.25) is 18.1 Å². The van der Waals surface area contributed by atoms with Crippen LogP contribution in [0.5, 0.6) is 0 Å². The second kappa shape index (κ2) is 7.62. The zero-order valence-electron chi connectivity index (χ0n) is 17.5. The predicted octanol–water partition coefficient (Wildman–Crippen LogP) is 6.93. The summed E-state index contributed by atoms with van der Waals surface area (Å²) in [5.74, 6) is 1.79. The van der Waals surface area contributed by atoms with Crippen molar-refractivity contribution in [3.63, 3.8) is 0 Å². The molecule has 0 spiro atoms. The maximum absolute atomic E-state index is 8.70. The first-order chi connectivity index (χ1) is 11.5. The Balaban J connectivity index is 2.21. The quantitative estimate of drug-likeness (QED) is 0.225. The number of azide groups is 1. The predicted molar refractivity (Wildman–Crippen MR) is 108 cm³/mol. The highest BCUT2D eigenvalue weighted by Crippen LogP contribution is 2.57. The molecule has 144 valence electrons. The Hall–Kier alpha value is -0.513. The molecule has 0 bridgehead atoms. The fourth-order valence-electron chi connectivity index (χ4n) is 5.28. The SMILES string of the molecule is C[C@H](CN=[N+]=[N-])[C@H]1CCC[C@H]2[C@@H](O[Si](C)(C)C(C)(C)C)CCC[C@]12C. The summed E-state index contributed by atoms with van der Waals surface area (Å²) in [6.07, 6.45) is 8.11. The van der Waals surface area contributed by atoms with E-state index in [2.05, 4.69) is 57.7 Å². The van der Waals surface area contributed by atoms with Gasteiger partial charge in [0.25, 0.3) is 0 Å². The molecule has 5 atom stereocenters. The molecule has 2 rings (SSSR count). The Morgan fingerprint density at radius 3 is 2.52 bits per heavy atom. The highest BCUT2D eigenvalue weighted by atomic mass is 28.4. The molecule has 0 aromatic carbocycles. The van der Waals surface area contributed by atoms with E-state index in [4.69, 9.17) is 9.96 Å². The van der Waals surface area contributed by atoms with Crippen LogP contribution < -0.4 is 0 Å². The Labute approximate surface area is 155 Å². The number of fused-ring (bicyclic) bond motifs is 1. The molecule has 0 aromatic rings. The molecule has 0 aliphatic heterocycles. The van der Waals surface area contributed by atoms with Crippen LogP contribution in [0.15, 0.2) is 5.11 Å². The third kappa shape index (κ3) is 4.25. The normalized spacial score (nSPS) is 34.8. The van der Waals surface area contributed by atoms with Crippen LogP contribution in [0.1, 0.15) is 73.1 Å². The van der Waals surface area contributed by atoms with Crippen molar-refractivity contribution in [2.45, 2.75) is 97.4 Å². The summed E-state index contributed by atoms with van der Waals surface area (Å²) >= 11 is 0. The maximum Gasteiger partial charge on any atom is 0.192 e. The molecule has 0 heterocycles. The maximum atomic E-state index is 8.70. The number of rotatable bonds is 5. The van der Waals surface area contributed by atoms with Crippen LogP contribution >= 0.6 is 0 Å². The third-order valence-corrected chi connectivity index (χ3v) is 12.3. The molecule has 2 aliphatic carbocycles. The smallest absolute Gasteiger partial charge is 0.192 e. The molecule has 0 amide bonds. The van der Waals surface area contributed by atoms with Crippen LogP contribution in [0.4, 0.5) is 0 Å². The molecule has 2 saturated carbocycles. The molecule has 2 aliphatic rings. The summed E-state index contributed by atoms with van der Waals surface area (Å²) in [5, 5.41) is 4.15. The van der Waals surface area contributed by atoms with E-state index in [9.17, 15) is 0 Å². The van der Waals surface area contributed by atoms with Crippen molar-refractivity contribution in [3.8, 4) is 0 Å². The van der Waals surface area contributed by atoms with E-state index in [-0.39, 0.29) is 5.04 Å². The molecule has 0 N–H and O–H groups in total. The summed E-state index contributed by atoms with van der Waals surface area (Å²) in [7, 11) is -1.74. The topological polar surface area (TPSA) is 58.0 Å². The number of hydrogen-bond donors (Lipinski definition) is 0. The Morgan fingerprint density at radius 1 is 1.24 bits per heavy atom. The van der Waals surface area contributed by atoms with Crippen molar-refractivity contribution in [2.24, 2.45) is 28.3 Å². The Kier molecular flexibility index (Phi) is 6.34. The fourth-order valence-corrected chi connectivity index (χ4v) is 6.67. The number of nitrogens with zero attached hydrogens (tertiary/aromatic N) is 3. The van der Waals surface area contributed by atoms with Gasteiger partial charge in [0.15, 0.2) is 8.32 Å². The van der Waals surface area contributed by atoms with E-state index < -0.39 is 8.32 Å². The first kappa shape index (κ1) is 20.8. The van der Waals surface area contributed by atoms with Crippen LogP contribution in [-0.2, 0) is 4.43 Å². The van der Waals surface area contributed by atoms with Gasteiger partial charge in [0.1, 0.15) is 0 Å². The van der Waals surface area contributed by atoms with Crippen LogP contribution in [-0.4, -0.2) is 21.0 Å². The van der Waals surface area contributed by atoms with Crippen LogP contribution in [0.25, 0.3) is 10.4 Å². The first-order valence-corrected chi connectivity index (χ1v) is 13.1. The number of hydrogen-bond acceptors (Lipinski definition) is 2. The van der Waals surface area contributed by atoms with E-state index >= 15 is 0 Å². The molecule has 2 fully saturated rings. The van der Waals surface area contributed by atoms with Gasteiger partial charge in [0.05, 0.1) is 0 Å². The second-order valence-electron chi connectivity index (χ2n) is 10.3. The van der Waals surface area contributed by atoms with Gasteiger partial charge in [-0.05, 0) is 72.5 Å². The lowest BCUT2D eigenvalue weighted by Gasteiger charge is -2.56. The van der Waals surface area contributed by atoms with Gasteiger partial charge < -0.3 is 4.43 Å². The third-order valence-electron chi connectivity index (χ3n) is 7.75. The molecule has 0 saturated heterocycles. The van der Waals surface area contributed by atoms with Gasteiger partial charge >= 0.3 is 0 Å². The summed E-state index contributed by atoms with van der Waals surface area (Å²) < 4.78 is 6.94. The molecular formula is C20H39N3OSi. The van der Waals surface area contributed by atoms with Gasteiger partial charge in [-0.3, -0.25) is 0 Å². The fraction of sp³-hybridized carbons (Fsp3) is 1.00. The van der Waals surface area contributed by atoms with E-state index in [1.165, 1.54) is 38.5 Å². The zero-order chi connectivity index (χ0) is 18.9. The summed E-state index contributed by atoms with van der Waals surface area (Å²) in [5.41, 5.74) is 9.04. The molecular weight excluding hydrogens is 326 g/mol. The summed E-state index contributed by atoms with van der Waals surface area (Å²) in [4.78, 5) is 2.99. The van der Waals surface area contributed by atoms with Gasteiger partial charge in [0, 0.05) is 17.6 Å².